The molecule has 174 valence electrons. The van der Waals surface area contributed by atoms with E-state index in [1.807, 2.05) is 30.3 Å². The topological polar surface area (TPSA) is 117 Å². The minimum absolute atomic E-state index is 0.400. The number of H-pyrrole nitrogens is 1. The lowest BCUT2D eigenvalue weighted by molar-refractivity contribution is 0.0331. The van der Waals surface area contributed by atoms with Crippen molar-refractivity contribution in [1.29, 1.82) is 0 Å². The fourth-order valence-corrected chi connectivity index (χ4v) is 4.72. The second-order valence-corrected chi connectivity index (χ2v) is 8.75. The number of morpholine rings is 1. The van der Waals surface area contributed by atoms with Crippen LogP contribution in [0.3, 0.4) is 0 Å². The third-order valence-corrected chi connectivity index (χ3v) is 6.74. The molecule has 9 nitrogen and oxygen atoms in total. The summed E-state index contributed by atoms with van der Waals surface area (Å²) in [5, 5.41) is 7.95. The first kappa shape index (κ1) is 21.7. The Morgan fingerprint density at radius 2 is 1.61 bits per heavy atom. The fraction of sp³-hybridized carbons (Fsp3) is 0.417. The second-order valence-electron chi connectivity index (χ2n) is 8.75. The van der Waals surface area contributed by atoms with Crippen molar-refractivity contribution in [3.05, 3.63) is 42.0 Å². The van der Waals surface area contributed by atoms with Gasteiger partial charge in [0.05, 0.1) is 30.0 Å². The van der Waals surface area contributed by atoms with Gasteiger partial charge in [0.1, 0.15) is 0 Å². The number of primary amides is 1. The predicted molar refractivity (Wildman–Crippen MR) is 130 cm³/mol. The molecule has 0 radical (unpaired) electrons. The summed E-state index contributed by atoms with van der Waals surface area (Å²) in [4.78, 5) is 19.4. The van der Waals surface area contributed by atoms with Gasteiger partial charge in [0.25, 0.3) is 5.91 Å². The molecule has 2 aliphatic heterocycles. The van der Waals surface area contributed by atoms with Gasteiger partial charge in [0.2, 0.25) is 0 Å². The smallest absolute Gasteiger partial charge is 0.250 e. The number of nitrogens with zero attached hydrogens (tertiary/aromatic N) is 4. The quantitative estimate of drug-likeness (QED) is 0.520. The lowest BCUT2D eigenvalue weighted by atomic mass is 10.00. The average molecular weight is 450 g/mol. The van der Waals surface area contributed by atoms with E-state index in [1.54, 1.807) is 0 Å². The van der Waals surface area contributed by atoms with E-state index in [0.717, 1.165) is 93.3 Å². The maximum Gasteiger partial charge on any atom is 0.250 e. The van der Waals surface area contributed by atoms with E-state index >= 15 is 0 Å². The maximum atomic E-state index is 12.2. The normalized spacial score (nSPS) is 18.1. The highest BCUT2D eigenvalue weighted by Crippen LogP contribution is 2.31. The number of hydrogen-bond donors (Lipinski definition) is 3. The highest BCUT2D eigenvalue weighted by Gasteiger charge is 2.22. The van der Waals surface area contributed by atoms with Crippen molar-refractivity contribution in [3.8, 4) is 11.1 Å². The van der Waals surface area contributed by atoms with Crippen LogP contribution in [-0.2, 0) is 4.74 Å². The zero-order chi connectivity index (χ0) is 22.8. The number of nitrogens with two attached hydrogens (primary N) is 2. The maximum absolute atomic E-state index is 12.2. The summed E-state index contributed by atoms with van der Waals surface area (Å²) in [7, 11) is 0. The zero-order valence-corrected chi connectivity index (χ0v) is 18.8. The van der Waals surface area contributed by atoms with Crippen LogP contribution < -0.4 is 16.4 Å². The number of anilines is 2. The number of aromatic nitrogens is 2. The number of ether oxygens (including phenoxy) is 1. The summed E-state index contributed by atoms with van der Waals surface area (Å²) in [5.74, 6) is 0.0934. The Hall–Kier alpha value is -3.14. The van der Waals surface area contributed by atoms with Crippen molar-refractivity contribution in [2.75, 3.05) is 76.2 Å². The van der Waals surface area contributed by atoms with Crippen LogP contribution in [0.25, 0.3) is 22.0 Å². The molecule has 3 heterocycles. The van der Waals surface area contributed by atoms with Gasteiger partial charge in [-0.25, -0.2) is 0 Å². The molecule has 0 aliphatic carbocycles. The number of rotatable bonds is 6. The number of carbonyl (C=O) groups is 1. The third kappa shape index (κ3) is 4.66. The standard InChI is InChI=1S/C24H31N7O2/c25-23-19-3-1-17(15-21(19)27-28-23)18-2-4-20(24(26)32)22(16-18)31-9-7-29(8-10-31)5-6-30-11-13-33-14-12-30/h1-4,15-16H,5-14H2,(H2,26,32)(H3,25,27,28). The van der Waals surface area contributed by atoms with E-state index < -0.39 is 5.91 Å². The molecular formula is C24H31N7O2. The van der Waals surface area contributed by atoms with Crippen LogP contribution in [0.1, 0.15) is 10.4 Å². The molecule has 0 atom stereocenters. The molecule has 1 amide bonds. The van der Waals surface area contributed by atoms with Crippen LogP contribution in [-0.4, -0.2) is 91.5 Å². The Labute approximate surface area is 193 Å². The third-order valence-electron chi connectivity index (χ3n) is 6.74. The first-order valence-electron chi connectivity index (χ1n) is 11.5. The van der Waals surface area contributed by atoms with E-state index in [-0.39, 0.29) is 0 Å². The highest BCUT2D eigenvalue weighted by atomic mass is 16.5. The van der Waals surface area contributed by atoms with Crippen molar-refractivity contribution in [1.82, 2.24) is 20.0 Å². The molecule has 2 aliphatic rings. The number of aromatic amines is 1. The minimum Gasteiger partial charge on any atom is -0.382 e. The largest absolute Gasteiger partial charge is 0.382 e. The number of piperazine rings is 1. The first-order valence-corrected chi connectivity index (χ1v) is 11.5. The molecule has 33 heavy (non-hydrogen) atoms. The highest BCUT2D eigenvalue weighted by molar-refractivity contribution is 6.00. The van der Waals surface area contributed by atoms with Crippen molar-refractivity contribution in [2.24, 2.45) is 5.73 Å². The predicted octanol–water partition coefficient (Wildman–Crippen LogP) is 1.37. The minimum atomic E-state index is -0.400. The molecule has 5 N–H and O–H groups in total. The van der Waals surface area contributed by atoms with Gasteiger partial charge < -0.3 is 21.1 Å². The summed E-state index contributed by atoms with van der Waals surface area (Å²) in [6.07, 6.45) is 0. The van der Waals surface area contributed by atoms with Crippen LogP contribution in [0, 0.1) is 0 Å². The Bertz CT molecular complexity index is 1130. The molecule has 2 saturated heterocycles. The van der Waals surface area contributed by atoms with E-state index in [0.29, 0.717) is 11.4 Å². The summed E-state index contributed by atoms with van der Waals surface area (Å²) in [6.45, 7) is 9.50. The number of nitrogen functional groups attached to an aromatic ring is 1. The van der Waals surface area contributed by atoms with Gasteiger partial charge in [-0.2, -0.15) is 5.10 Å². The van der Waals surface area contributed by atoms with Crippen LogP contribution in [0.2, 0.25) is 0 Å². The molecule has 0 unspecified atom stereocenters. The molecule has 0 spiro atoms. The number of hydrogen-bond acceptors (Lipinski definition) is 7. The van der Waals surface area contributed by atoms with Gasteiger partial charge in [-0.3, -0.25) is 19.7 Å². The summed E-state index contributed by atoms with van der Waals surface area (Å²) in [5.41, 5.74) is 16.0. The number of fused-ring (bicyclic) bond motifs is 1. The van der Waals surface area contributed by atoms with Crippen LogP contribution in [0.15, 0.2) is 36.4 Å². The van der Waals surface area contributed by atoms with E-state index in [9.17, 15) is 4.79 Å². The molecular weight excluding hydrogens is 418 g/mol. The van der Waals surface area contributed by atoms with Gasteiger partial charge >= 0.3 is 0 Å². The van der Waals surface area contributed by atoms with E-state index in [4.69, 9.17) is 16.2 Å². The average Bonchev–Trinajstić information content (AvgIpc) is 3.23. The first-order chi connectivity index (χ1) is 16.1. The van der Waals surface area contributed by atoms with Crippen molar-refractivity contribution in [3.63, 3.8) is 0 Å². The molecule has 3 aromatic rings. The summed E-state index contributed by atoms with van der Waals surface area (Å²) in [6, 6.07) is 11.9. The van der Waals surface area contributed by atoms with Crippen LogP contribution >= 0.6 is 0 Å². The van der Waals surface area contributed by atoms with Crippen molar-refractivity contribution >= 4 is 28.3 Å². The van der Waals surface area contributed by atoms with Crippen LogP contribution in [0.5, 0.6) is 0 Å². The molecule has 0 bridgehead atoms. The molecule has 9 heteroatoms. The van der Waals surface area contributed by atoms with Gasteiger partial charge in [-0.05, 0) is 35.4 Å². The fourth-order valence-electron chi connectivity index (χ4n) is 4.72. The molecule has 0 saturated carbocycles. The van der Waals surface area contributed by atoms with Crippen molar-refractivity contribution < 1.29 is 9.53 Å². The summed E-state index contributed by atoms with van der Waals surface area (Å²) >= 11 is 0. The second kappa shape index (κ2) is 9.38. The number of carbonyl (C=O) groups excluding carboxylic acids is 1. The van der Waals surface area contributed by atoms with Crippen molar-refractivity contribution in [2.45, 2.75) is 0 Å². The van der Waals surface area contributed by atoms with Gasteiger partial charge in [0, 0.05) is 57.7 Å². The molecule has 2 aromatic carbocycles. The zero-order valence-electron chi connectivity index (χ0n) is 18.8. The van der Waals surface area contributed by atoms with Crippen LogP contribution in [0.4, 0.5) is 11.5 Å². The number of benzene rings is 2. The number of nitrogens with one attached hydrogen (secondary N) is 1. The Morgan fingerprint density at radius 1 is 0.939 bits per heavy atom. The van der Waals surface area contributed by atoms with Gasteiger partial charge in [-0.1, -0.05) is 12.1 Å². The summed E-state index contributed by atoms with van der Waals surface area (Å²) < 4.78 is 5.44. The monoisotopic (exact) mass is 449 g/mol. The van der Waals surface area contributed by atoms with Gasteiger partial charge in [0.15, 0.2) is 5.82 Å². The number of amides is 1. The molecule has 1 aromatic heterocycles. The lowest BCUT2D eigenvalue weighted by Crippen LogP contribution is -2.49. The van der Waals surface area contributed by atoms with Gasteiger partial charge in [-0.15, -0.1) is 0 Å². The van der Waals surface area contributed by atoms with E-state index in [1.165, 1.54) is 0 Å². The molecule has 5 rings (SSSR count). The Morgan fingerprint density at radius 3 is 2.33 bits per heavy atom. The Kier molecular flexibility index (Phi) is 6.17. The SMILES string of the molecule is NC(=O)c1ccc(-c2ccc3c(N)n[nH]c3c2)cc1N1CCN(CCN2CCOCC2)CC1. The Balaban J connectivity index is 1.31. The molecule has 2 fully saturated rings. The lowest BCUT2D eigenvalue weighted by Gasteiger charge is -2.38. The van der Waals surface area contributed by atoms with E-state index in [2.05, 4.69) is 31.0 Å².